The molecule has 0 spiro atoms. The van der Waals surface area contributed by atoms with Crippen LogP contribution in [0.4, 0.5) is 4.39 Å². The van der Waals surface area contributed by atoms with Crippen LogP contribution in [0.15, 0.2) is 67.0 Å². The number of pyridine rings is 1. The molecule has 0 bridgehead atoms. The number of hydrogen-bond acceptors (Lipinski definition) is 8. The van der Waals surface area contributed by atoms with E-state index in [1.807, 2.05) is 43.6 Å². The summed E-state index contributed by atoms with van der Waals surface area (Å²) in [5.74, 6) is 6.99. The van der Waals surface area contributed by atoms with Crippen molar-refractivity contribution in [1.29, 1.82) is 0 Å². The van der Waals surface area contributed by atoms with Gasteiger partial charge in [0.25, 0.3) is 0 Å². The van der Waals surface area contributed by atoms with Crippen molar-refractivity contribution in [2.45, 2.75) is 51.0 Å². The fourth-order valence-electron chi connectivity index (χ4n) is 6.22. The number of ether oxygens (including phenoxy) is 3. The molecule has 0 amide bonds. The number of carbonyl (C=O) groups excluding carboxylic acids is 1. The van der Waals surface area contributed by atoms with Gasteiger partial charge in [-0.2, -0.15) is 5.10 Å². The molecule has 1 atom stereocenters. The van der Waals surface area contributed by atoms with Crippen LogP contribution in [0.3, 0.4) is 0 Å². The maximum absolute atomic E-state index is 14.9. The van der Waals surface area contributed by atoms with Gasteiger partial charge in [0, 0.05) is 48.7 Å². The molecule has 2 aliphatic rings. The fraction of sp³-hybridized carbons (Fsp3) is 0.351. The van der Waals surface area contributed by atoms with E-state index in [1.54, 1.807) is 29.1 Å². The summed E-state index contributed by atoms with van der Waals surface area (Å²) < 4.78 is 35.4. The maximum atomic E-state index is 14.9. The van der Waals surface area contributed by atoms with Gasteiger partial charge in [-0.05, 0) is 68.8 Å². The average Bonchev–Trinajstić information content (AvgIpc) is 3.66. The minimum absolute atomic E-state index is 0.0745. The van der Waals surface area contributed by atoms with Gasteiger partial charge in [-0.25, -0.2) is 19.2 Å². The quantitative estimate of drug-likeness (QED) is 0.158. The number of halogens is 1. The summed E-state index contributed by atoms with van der Waals surface area (Å²) >= 11 is 0. The molecule has 7 rings (SSSR count). The number of nitrogens with zero attached hydrogens (tertiary/aromatic N) is 6. The summed E-state index contributed by atoms with van der Waals surface area (Å²) in [6, 6.07) is 16.2. The topological polar surface area (TPSA) is 96.5 Å². The zero-order chi connectivity index (χ0) is 33.0. The van der Waals surface area contributed by atoms with E-state index in [2.05, 4.69) is 26.4 Å². The van der Waals surface area contributed by atoms with Gasteiger partial charge in [-0.1, -0.05) is 24.0 Å². The van der Waals surface area contributed by atoms with Gasteiger partial charge < -0.3 is 18.8 Å². The fourth-order valence-corrected chi connectivity index (χ4v) is 6.22. The van der Waals surface area contributed by atoms with Crippen LogP contribution < -0.4 is 4.74 Å². The number of likely N-dealkylation sites (tertiary alicyclic amines) is 1. The number of fused-ring (bicyclic) bond motifs is 1. The Kier molecular flexibility index (Phi) is 9.18. The van der Waals surface area contributed by atoms with Crippen molar-refractivity contribution in [3.63, 3.8) is 0 Å². The van der Waals surface area contributed by atoms with Crippen LogP contribution in [0.5, 0.6) is 5.88 Å². The molecule has 2 aliphatic heterocycles. The molecule has 3 aromatic heterocycles. The Bertz CT molecular complexity index is 2000. The first-order valence-electron chi connectivity index (χ1n) is 16.2. The van der Waals surface area contributed by atoms with Crippen LogP contribution in [0.25, 0.3) is 11.0 Å². The molecule has 2 saturated heterocycles. The number of rotatable bonds is 9. The second-order valence-corrected chi connectivity index (χ2v) is 12.3. The van der Waals surface area contributed by atoms with Crippen LogP contribution in [-0.2, 0) is 36.2 Å². The zero-order valence-electron chi connectivity index (χ0n) is 27.1. The van der Waals surface area contributed by atoms with Gasteiger partial charge >= 0.3 is 5.97 Å². The van der Waals surface area contributed by atoms with Crippen molar-refractivity contribution in [1.82, 2.24) is 29.2 Å². The normalized spacial score (nSPS) is 16.7. The summed E-state index contributed by atoms with van der Waals surface area (Å²) in [6.07, 6.45) is 6.55. The van der Waals surface area contributed by atoms with Crippen LogP contribution in [0.2, 0.25) is 0 Å². The van der Waals surface area contributed by atoms with E-state index in [4.69, 9.17) is 24.2 Å². The maximum Gasteiger partial charge on any atom is 0.337 e. The third-order valence-corrected chi connectivity index (χ3v) is 9.03. The summed E-state index contributed by atoms with van der Waals surface area (Å²) in [7, 11) is 3.22. The highest BCUT2D eigenvalue weighted by Crippen LogP contribution is 2.30. The molecule has 0 N–H and O–H groups in total. The van der Waals surface area contributed by atoms with Crippen molar-refractivity contribution >= 4 is 17.0 Å². The lowest BCUT2D eigenvalue weighted by molar-refractivity contribution is -0.0592. The summed E-state index contributed by atoms with van der Waals surface area (Å²) in [5.41, 5.74) is 5.08. The predicted octanol–water partition coefficient (Wildman–Crippen LogP) is 5.24. The first kappa shape index (κ1) is 31.5. The van der Waals surface area contributed by atoms with Gasteiger partial charge in [-0.3, -0.25) is 9.58 Å². The van der Waals surface area contributed by atoms with Gasteiger partial charge in [0.1, 0.15) is 18.2 Å². The Morgan fingerprint density at radius 3 is 2.60 bits per heavy atom. The molecule has 246 valence electrons. The number of carbonyl (C=O) groups is 1. The van der Waals surface area contributed by atoms with E-state index in [9.17, 15) is 9.18 Å². The van der Waals surface area contributed by atoms with E-state index >= 15 is 0 Å². The molecule has 0 unspecified atom stereocenters. The Morgan fingerprint density at radius 2 is 1.88 bits per heavy atom. The molecule has 2 fully saturated rings. The van der Waals surface area contributed by atoms with Gasteiger partial charge in [-0.15, -0.1) is 0 Å². The summed E-state index contributed by atoms with van der Waals surface area (Å²) in [6.45, 7) is 4.06. The number of aryl methyl sites for hydroxylation is 1. The number of aromatic nitrogens is 5. The number of methoxy groups -OCH3 is 1. The van der Waals surface area contributed by atoms with Gasteiger partial charge in [0.05, 0.1) is 54.7 Å². The third-order valence-electron chi connectivity index (χ3n) is 9.03. The highest BCUT2D eigenvalue weighted by atomic mass is 19.1. The van der Waals surface area contributed by atoms with Crippen molar-refractivity contribution in [3.05, 3.63) is 107 Å². The Morgan fingerprint density at radius 1 is 1.04 bits per heavy atom. The molecule has 0 saturated carbocycles. The van der Waals surface area contributed by atoms with Crippen molar-refractivity contribution in [2.75, 3.05) is 26.8 Å². The molecule has 5 heterocycles. The summed E-state index contributed by atoms with van der Waals surface area (Å²) in [5, 5.41) is 4.10. The Labute approximate surface area is 278 Å². The lowest BCUT2D eigenvalue weighted by atomic mass is 9.93. The zero-order valence-corrected chi connectivity index (χ0v) is 27.1. The van der Waals surface area contributed by atoms with Gasteiger partial charge in [0.2, 0.25) is 5.88 Å². The first-order valence-corrected chi connectivity index (χ1v) is 16.2. The molecule has 11 heteroatoms. The Hall–Kier alpha value is -5.05. The molecular formula is C37H37FN6O4. The number of esters is 1. The number of benzene rings is 2. The van der Waals surface area contributed by atoms with Gasteiger partial charge in [0.15, 0.2) is 0 Å². The third kappa shape index (κ3) is 7.10. The van der Waals surface area contributed by atoms with Crippen molar-refractivity contribution in [2.24, 2.45) is 7.05 Å². The molecule has 2 aromatic carbocycles. The largest absolute Gasteiger partial charge is 0.473 e. The standard InChI is InChI=1S/C37H37FN6O4/c1-42-21-26(20-39-42)7-6-25-8-9-29(31(38)18-25)24-48-36-5-3-4-32(41-36)27-12-15-43(16-13-27)23-35-40-33-11-10-28(37(45)46-2)19-34(33)44(35)22-30-14-17-47-30/h3-5,8-11,18-21,27,30H,12-17,22-24H2,1-2H3/t30-/m0/s1. The molecular weight excluding hydrogens is 611 g/mol. The Balaban J connectivity index is 0.967. The van der Waals surface area contributed by atoms with E-state index in [0.29, 0.717) is 41.6 Å². The summed E-state index contributed by atoms with van der Waals surface area (Å²) in [4.78, 5) is 24.4. The minimum Gasteiger partial charge on any atom is -0.473 e. The minimum atomic E-state index is -0.367. The van der Waals surface area contributed by atoms with E-state index in [0.717, 1.165) is 67.1 Å². The van der Waals surface area contributed by atoms with Crippen molar-refractivity contribution in [3.8, 4) is 17.7 Å². The number of imidazole rings is 1. The highest BCUT2D eigenvalue weighted by Gasteiger charge is 2.26. The van der Waals surface area contributed by atoms with Crippen LogP contribution in [-0.4, -0.2) is 68.1 Å². The smallest absolute Gasteiger partial charge is 0.337 e. The second kappa shape index (κ2) is 14.0. The van der Waals surface area contributed by atoms with E-state index in [-0.39, 0.29) is 24.5 Å². The molecule has 0 aliphatic carbocycles. The molecule has 10 nitrogen and oxygen atoms in total. The van der Waals surface area contributed by atoms with E-state index in [1.165, 1.54) is 13.2 Å². The first-order chi connectivity index (χ1) is 23.4. The van der Waals surface area contributed by atoms with Crippen LogP contribution >= 0.6 is 0 Å². The molecule has 48 heavy (non-hydrogen) atoms. The van der Waals surface area contributed by atoms with Crippen molar-refractivity contribution < 1.29 is 23.4 Å². The van der Waals surface area contributed by atoms with Crippen LogP contribution in [0.1, 0.15) is 63.7 Å². The lowest BCUT2D eigenvalue weighted by Gasteiger charge is -2.32. The molecule has 5 aromatic rings. The monoisotopic (exact) mass is 648 g/mol. The average molecular weight is 649 g/mol. The SMILES string of the molecule is COC(=O)c1ccc2nc(CN3CCC(c4cccc(OCc5ccc(C#Cc6cnn(C)c6)cc5F)n4)CC3)n(C[C@@H]3CCO3)c2c1. The van der Waals surface area contributed by atoms with E-state index < -0.39 is 0 Å². The predicted molar refractivity (Wildman–Crippen MR) is 177 cm³/mol. The lowest BCUT2D eigenvalue weighted by Crippen LogP contribution is -2.35. The number of hydrogen-bond donors (Lipinski definition) is 0. The highest BCUT2D eigenvalue weighted by molar-refractivity contribution is 5.93. The van der Waals surface area contributed by atoms with Crippen LogP contribution in [0, 0.1) is 17.7 Å². The molecule has 0 radical (unpaired) electrons. The number of piperidine rings is 1. The second-order valence-electron chi connectivity index (χ2n) is 12.3.